The van der Waals surface area contributed by atoms with Crippen molar-refractivity contribution < 1.29 is 9.66 Å². The van der Waals surface area contributed by atoms with Crippen LogP contribution in [0.15, 0.2) is 18.2 Å². The quantitative estimate of drug-likeness (QED) is 0.623. The first kappa shape index (κ1) is 13.8. The van der Waals surface area contributed by atoms with Crippen molar-refractivity contribution >= 4 is 5.69 Å². The van der Waals surface area contributed by atoms with Gasteiger partial charge in [-0.3, -0.25) is 15.0 Å². The molecule has 2 N–H and O–H groups in total. The van der Waals surface area contributed by atoms with Crippen LogP contribution < -0.4 is 10.5 Å². The number of ether oxygens (including phenoxy) is 1. The molecule has 0 radical (unpaired) electrons. The van der Waals surface area contributed by atoms with Crippen LogP contribution in [0.5, 0.6) is 5.75 Å². The summed E-state index contributed by atoms with van der Waals surface area (Å²) in [6.07, 6.45) is 2.46. The van der Waals surface area contributed by atoms with Gasteiger partial charge in [0.05, 0.1) is 4.92 Å². The molecule has 1 aromatic carbocycles. The second-order valence-electron chi connectivity index (χ2n) is 4.66. The zero-order chi connectivity index (χ0) is 13.7. The van der Waals surface area contributed by atoms with Gasteiger partial charge in [0.15, 0.2) is 5.75 Å². The van der Waals surface area contributed by atoms with E-state index >= 15 is 0 Å². The summed E-state index contributed by atoms with van der Waals surface area (Å²) < 4.78 is 5.54. The van der Waals surface area contributed by atoms with Gasteiger partial charge in [0.1, 0.15) is 6.61 Å². The van der Waals surface area contributed by atoms with E-state index in [2.05, 4.69) is 4.90 Å². The van der Waals surface area contributed by atoms with E-state index < -0.39 is 4.92 Å². The Morgan fingerprint density at radius 1 is 1.37 bits per heavy atom. The van der Waals surface area contributed by atoms with Crippen LogP contribution in [-0.2, 0) is 6.54 Å². The van der Waals surface area contributed by atoms with Crippen molar-refractivity contribution in [3.05, 3.63) is 33.9 Å². The maximum Gasteiger partial charge on any atom is 0.311 e. The number of nitrogens with two attached hydrogens (primary N) is 1. The van der Waals surface area contributed by atoms with Crippen molar-refractivity contribution in [2.24, 2.45) is 5.73 Å². The number of likely N-dealkylation sites (tertiary alicyclic amines) is 1. The summed E-state index contributed by atoms with van der Waals surface area (Å²) in [5, 5.41) is 11.0. The van der Waals surface area contributed by atoms with Gasteiger partial charge >= 0.3 is 5.69 Å². The van der Waals surface area contributed by atoms with Gasteiger partial charge in [-0.2, -0.15) is 0 Å². The molecule has 2 rings (SSSR count). The lowest BCUT2D eigenvalue weighted by molar-refractivity contribution is -0.385. The Bertz CT molecular complexity index is 445. The first-order valence-electron chi connectivity index (χ1n) is 6.53. The normalized spacial score (nSPS) is 15.6. The highest BCUT2D eigenvalue weighted by Gasteiger charge is 2.16. The molecule has 1 fully saturated rings. The Hall–Kier alpha value is -1.66. The van der Waals surface area contributed by atoms with Gasteiger partial charge in [-0.25, -0.2) is 0 Å². The van der Waals surface area contributed by atoms with Gasteiger partial charge in [0, 0.05) is 19.2 Å². The number of rotatable bonds is 6. The molecule has 0 aliphatic carbocycles. The van der Waals surface area contributed by atoms with E-state index in [1.165, 1.54) is 18.9 Å². The van der Waals surface area contributed by atoms with Gasteiger partial charge in [0.2, 0.25) is 0 Å². The van der Waals surface area contributed by atoms with Gasteiger partial charge in [-0.15, -0.1) is 0 Å². The monoisotopic (exact) mass is 265 g/mol. The third-order valence-electron chi connectivity index (χ3n) is 3.32. The van der Waals surface area contributed by atoms with Crippen LogP contribution in [0.25, 0.3) is 0 Å². The maximum absolute atomic E-state index is 11.0. The number of nitrogens with zero attached hydrogens (tertiary/aromatic N) is 2. The molecule has 6 heteroatoms. The van der Waals surface area contributed by atoms with Crippen LogP contribution in [0.3, 0.4) is 0 Å². The molecular formula is C13H19N3O3. The largest absolute Gasteiger partial charge is 0.485 e. The molecule has 104 valence electrons. The summed E-state index contributed by atoms with van der Waals surface area (Å²) in [6.45, 7) is 3.77. The smallest absolute Gasteiger partial charge is 0.311 e. The fourth-order valence-electron chi connectivity index (χ4n) is 2.25. The molecule has 0 amide bonds. The molecule has 0 atom stereocenters. The van der Waals surface area contributed by atoms with Gasteiger partial charge < -0.3 is 10.5 Å². The highest BCUT2D eigenvalue weighted by molar-refractivity contribution is 5.48. The average Bonchev–Trinajstić information content (AvgIpc) is 2.92. The van der Waals surface area contributed by atoms with E-state index in [1.54, 1.807) is 12.1 Å². The van der Waals surface area contributed by atoms with Crippen LogP contribution in [-0.4, -0.2) is 36.1 Å². The van der Waals surface area contributed by atoms with Crippen LogP contribution in [0.2, 0.25) is 0 Å². The summed E-state index contributed by atoms with van der Waals surface area (Å²) in [4.78, 5) is 12.9. The number of hydrogen-bond acceptors (Lipinski definition) is 5. The predicted octanol–water partition coefficient (Wildman–Crippen LogP) is 1.53. The van der Waals surface area contributed by atoms with E-state index in [0.717, 1.165) is 25.2 Å². The van der Waals surface area contributed by atoms with Gasteiger partial charge in [-0.05, 0) is 37.6 Å². The lowest BCUT2D eigenvalue weighted by atomic mass is 10.2. The zero-order valence-corrected chi connectivity index (χ0v) is 10.9. The van der Waals surface area contributed by atoms with Crippen molar-refractivity contribution in [3.63, 3.8) is 0 Å². The Kier molecular flexibility index (Phi) is 4.70. The molecule has 1 saturated heterocycles. The minimum absolute atomic E-state index is 0.00984. The Labute approximate surface area is 112 Å². The van der Waals surface area contributed by atoms with Gasteiger partial charge in [-0.1, -0.05) is 6.07 Å². The van der Waals surface area contributed by atoms with Crippen LogP contribution in [0.1, 0.15) is 18.4 Å². The molecule has 0 bridgehead atoms. The highest BCUT2D eigenvalue weighted by atomic mass is 16.6. The van der Waals surface area contributed by atoms with Crippen molar-refractivity contribution in [1.29, 1.82) is 0 Å². The fourth-order valence-corrected chi connectivity index (χ4v) is 2.25. The molecule has 6 nitrogen and oxygen atoms in total. The first-order chi connectivity index (χ1) is 9.20. The molecule has 1 aliphatic heterocycles. The maximum atomic E-state index is 11.0. The van der Waals surface area contributed by atoms with E-state index in [1.807, 2.05) is 0 Å². The van der Waals surface area contributed by atoms with E-state index in [-0.39, 0.29) is 12.2 Å². The summed E-state index contributed by atoms with van der Waals surface area (Å²) in [5.41, 5.74) is 6.21. The molecule has 0 aromatic heterocycles. The molecule has 1 aromatic rings. The molecular weight excluding hydrogens is 246 g/mol. The standard InChI is InChI=1S/C13H19N3O3/c14-10-11-3-4-13(12(9-11)16(17)18)19-8-7-15-5-1-2-6-15/h3-4,9H,1-2,5-8,10,14H2. The van der Waals surface area contributed by atoms with Crippen LogP contribution in [0.4, 0.5) is 5.69 Å². The molecule has 0 unspecified atom stereocenters. The number of nitro benzene ring substituents is 1. The topological polar surface area (TPSA) is 81.6 Å². The van der Waals surface area contributed by atoms with Crippen molar-refractivity contribution in [2.75, 3.05) is 26.2 Å². The average molecular weight is 265 g/mol. The minimum atomic E-state index is -0.426. The summed E-state index contributed by atoms with van der Waals surface area (Å²) >= 11 is 0. The van der Waals surface area contributed by atoms with Crippen molar-refractivity contribution in [2.45, 2.75) is 19.4 Å². The Morgan fingerprint density at radius 2 is 2.11 bits per heavy atom. The number of hydrogen-bond donors (Lipinski definition) is 1. The Morgan fingerprint density at radius 3 is 2.74 bits per heavy atom. The zero-order valence-electron chi connectivity index (χ0n) is 10.9. The van der Waals surface area contributed by atoms with Gasteiger partial charge in [0.25, 0.3) is 0 Å². The summed E-state index contributed by atoms with van der Waals surface area (Å²) in [5.74, 6) is 0.321. The number of benzene rings is 1. The van der Waals surface area contributed by atoms with Crippen LogP contribution in [0, 0.1) is 10.1 Å². The second kappa shape index (κ2) is 6.49. The molecule has 19 heavy (non-hydrogen) atoms. The second-order valence-corrected chi connectivity index (χ2v) is 4.66. The third-order valence-corrected chi connectivity index (χ3v) is 3.32. The highest BCUT2D eigenvalue weighted by Crippen LogP contribution is 2.27. The summed E-state index contributed by atoms with van der Waals surface area (Å²) in [6, 6.07) is 4.87. The minimum Gasteiger partial charge on any atom is -0.485 e. The van der Waals surface area contributed by atoms with Crippen molar-refractivity contribution in [1.82, 2.24) is 4.90 Å². The molecule has 1 aliphatic rings. The molecule has 0 saturated carbocycles. The summed E-state index contributed by atoms with van der Waals surface area (Å²) in [7, 11) is 0. The third kappa shape index (κ3) is 3.65. The fraction of sp³-hybridized carbons (Fsp3) is 0.538. The van der Waals surface area contributed by atoms with E-state index in [0.29, 0.717) is 12.4 Å². The number of nitro groups is 1. The first-order valence-corrected chi connectivity index (χ1v) is 6.53. The van der Waals surface area contributed by atoms with Crippen LogP contribution >= 0.6 is 0 Å². The molecule has 1 heterocycles. The Balaban J connectivity index is 1.96. The predicted molar refractivity (Wildman–Crippen MR) is 72.2 cm³/mol. The van der Waals surface area contributed by atoms with E-state index in [9.17, 15) is 10.1 Å². The van der Waals surface area contributed by atoms with Crippen molar-refractivity contribution in [3.8, 4) is 5.75 Å². The SMILES string of the molecule is NCc1ccc(OCCN2CCCC2)c([N+](=O)[O-])c1. The lowest BCUT2D eigenvalue weighted by Crippen LogP contribution is -2.25. The van der Waals surface area contributed by atoms with E-state index in [4.69, 9.17) is 10.5 Å². The lowest BCUT2D eigenvalue weighted by Gasteiger charge is -2.15. The molecule has 0 spiro atoms.